The van der Waals surface area contributed by atoms with Crippen molar-refractivity contribution in [1.82, 2.24) is 4.90 Å². The van der Waals surface area contributed by atoms with Crippen LogP contribution in [0.25, 0.3) is 0 Å². The maximum absolute atomic E-state index is 11.9. The molecule has 0 aliphatic carbocycles. The number of amides is 1. The van der Waals surface area contributed by atoms with Gasteiger partial charge in [0.15, 0.2) is 0 Å². The van der Waals surface area contributed by atoms with Gasteiger partial charge in [-0.25, -0.2) is 0 Å². The number of rotatable bonds is 8. The Hall–Kier alpha value is -0.570. The van der Waals surface area contributed by atoms with Gasteiger partial charge in [-0.15, -0.1) is 0 Å². The summed E-state index contributed by atoms with van der Waals surface area (Å²) in [6.45, 7) is 11.2. The van der Waals surface area contributed by atoms with Gasteiger partial charge < -0.3 is 9.64 Å². The third kappa shape index (κ3) is 7.70. The van der Waals surface area contributed by atoms with E-state index in [1.54, 1.807) is 0 Å². The standard InChI is InChI=1S/C15H31NO2/c1-7-13(2)18-12-10-8-9-11-14(17)16(6)15(3,4)5/h13H,7-12H2,1-6H3. The zero-order valence-corrected chi connectivity index (χ0v) is 13.1. The van der Waals surface area contributed by atoms with Gasteiger partial charge in [0.25, 0.3) is 0 Å². The van der Waals surface area contributed by atoms with Crippen molar-refractivity contribution in [3.8, 4) is 0 Å². The molecule has 1 atom stereocenters. The molecule has 0 saturated heterocycles. The molecule has 18 heavy (non-hydrogen) atoms. The number of unbranched alkanes of at least 4 members (excludes halogenated alkanes) is 2. The molecule has 3 heteroatoms. The molecule has 0 spiro atoms. The minimum atomic E-state index is -0.0727. The maximum atomic E-state index is 11.9. The molecule has 0 aliphatic heterocycles. The summed E-state index contributed by atoms with van der Waals surface area (Å²) in [4.78, 5) is 13.7. The van der Waals surface area contributed by atoms with Gasteiger partial charge in [-0.05, 0) is 47.0 Å². The molecule has 0 saturated carbocycles. The van der Waals surface area contributed by atoms with Crippen LogP contribution in [0.5, 0.6) is 0 Å². The van der Waals surface area contributed by atoms with Crippen LogP contribution in [0.2, 0.25) is 0 Å². The van der Waals surface area contributed by atoms with Crippen molar-refractivity contribution < 1.29 is 9.53 Å². The molecule has 108 valence electrons. The smallest absolute Gasteiger partial charge is 0.222 e. The highest BCUT2D eigenvalue weighted by molar-refractivity contribution is 5.76. The summed E-state index contributed by atoms with van der Waals surface area (Å²) in [7, 11) is 1.88. The van der Waals surface area contributed by atoms with E-state index in [0.29, 0.717) is 12.5 Å². The van der Waals surface area contributed by atoms with Crippen LogP contribution in [0.1, 0.15) is 66.7 Å². The van der Waals surface area contributed by atoms with Crippen LogP contribution in [0.3, 0.4) is 0 Å². The summed E-state index contributed by atoms with van der Waals surface area (Å²) in [5.74, 6) is 0.241. The molecule has 0 aliphatic rings. The molecule has 0 N–H and O–H groups in total. The molecule has 0 aromatic heterocycles. The highest BCUT2D eigenvalue weighted by Gasteiger charge is 2.21. The van der Waals surface area contributed by atoms with E-state index < -0.39 is 0 Å². The highest BCUT2D eigenvalue weighted by Crippen LogP contribution is 2.13. The third-order valence-corrected chi connectivity index (χ3v) is 3.39. The Morgan fingerprint density at radius 1 is 1.22 bits per heavy atom. The van der Waals surface area contributed by atoms with Crippen molar-refractivity contribution >= 4 is 5.91 Å². The fourth-order valence-electron chi connectivity index (χ4n) is 1.50. The predicted octanol–water partition coefficient (Wildman–Crippen LogP) is 3.62. The van der Waals surface area contributed by atoms with Gasteiger partial charge in [0.05, 0.1) is 6.10 Å². The van der Waals surface area contributed by atoms with Crippen molar-refractivity contribution in [1.29, 1.82) is 0 Å². The Morgan fingerprint density at radius 2 is 1.83 bits per heavy atom. The Kier molecular flexibility index (Phi) is 8.25. The van der Waals surface area contributed by atoms with Crippen LogP contribution in [0, 0.1) is 0 Å². The van der Waals surface area contributed by atoms with Gasteiger partial charge in [0, 0.05) is 25.6 Å². The lowest BCUT2D eigenvalue weighted by Crippen LogP contribution is -2.42. The maximum Gasteiger partial charge on any atom is 0.222 e. The molecule has 0 heterocycles. The minimum Gasteiger partial charge on any atom is -0.379 e. The predicted molar refractivity (Wildman–Crippen MR) is 76.7 cm³/mol. The number of hydrogen-bond donors (Lipinski definition) is 0. The summed E-state index contributed by atoms with van der Waals surface area (Å²) in [6.07, 6.45) is 5.16. The Bertz CT molecular complexity index is 233. The number of nitrogens with zero attached hydrogens (tertiary/aromatic N) is 1. The highest BCUT2D eigenvalue weighted by atomic mass is 16.5. The molecule has 0 aromatic carbocycles. The molecule has 0 aromatic rings. The van der Waals surface area contributed by atoms with E-state index in [1.807, 2.05) is 11.9 Å². The first kappa shape index (κ1) is 17.4. The lowest BCUT2D eigenvalue weighted by Gasteiger charge is -2.32. The monoisotopic (exact) mass is 257 g/mol. The average Bonchev–Trinajstić information content (AvgIpc) is 2.30. The lowest BCUT2D eigenvalue weighted by atomic mass is 10.1. The summed E-state index contributed by atoms with van der Waals surface area (Å²) in [5.41, 5.74) is -0.0727. The summed E-state index contributed by atoms with van der Waals surface area (Å²) in [5, 5.41) is 0. The quantitative estimate of drug-likeness (QED) is 0.622. The second-order valence-corrected chi connectivity index (χ2v) is 6.02. The normalized spacial score (nSPS) is 13.4. The molecule has 0 bridgehead atoms. The van der Waals surface area contributed by atoms with Crippen LogP contribution in [0.4, 0.5) is 0 Å². The van der Waals surface area contributed by atoms with E-state index in [4.69, 9.17) is 4.74 Å². The molecule has 1 amide bonds. The molecule has 3 nitrogen and oxygen atoms in total. The fourth-order valence-corrected chi connectivity index (χ4v) is 1.50. The zero-order valence-electron chi connectivity index (χ0n) is 13.1. The van der Waals surface area contributed by atoms with Crippen molar-refractivity contribution in [2.24, 2.45) is 0 Å². The van der Waals surface area contributed by atoms with Crippen molar-refractivity contribution in [3.63, 3.8) is 0 Å². The molecule has 0 radical (unpaired) electrons. The van der Waals surface area contributed by atoms with E-state index in [0.717, 1.165) is 32.3 Å². The van der Waals surface area contributed by atoms with Gasteiger partial charge in [0.2, 0.25) is 5.91 Å². The van der Waals surface area contributed by atoms with Crippen LogP contribution < -0.4 is 0 Å². The SMILES string of the molecule is CCC(C)OCCCCCC(=O)N(C)C(C)(C)C. The van der Waals surface area contributed by atoms with Crippen LogP contribution in [0.15, 0.2) is 0 Å². The van der Waals surface area contributed by atoms with Crippen molar-refractivity contribution in [2.75, 3.05) is 13.7 Å². The van der Waals surface area contributed by atoms with Gasteiger partial charge in [0.1, 0.15) is 0 Å². The largest absolute Gasteiger partial charge is 0.379 e. The number of hydrogen-bond acceptors (Lipinski definition) is 2. The van der Waals surface area contributed by atoms with E-state index in [1.165, 1.54) is 0 Å². The van der Waals surface area contributed by atoms with Gasteiger partial charge in [-0.2, -0.15) is 0 Å². The Morgan fingerprint density at radius 3 is 2.33 bits per heavy atom. The van der Waals surface area contributed by atoms with Gasteiger partial charge in [-0.1, -0.05) is 13.3 Å². The van der Waals surface area contributed by atoms with E-state index >= 15 is 0 Å². The van der Waals surface area contributed by atoms with Crippen LogP contribution in [-0.4, -0.2) is 36.1 Å². The molecule has 1 unspecified atom stereocenters. The summed E-state index contributed by atoms with van der Waals surface area (Å²) < 4.78 is 5.60. The minimum absolute atomic E-state index is 0.0727. The Labute approximate surface area is 113 Å². The molecular weight excluding hydrogens is 226 g/mol. The average molecular weight is 257 g/mol. The summed E-state index contributed by atoms with van der Waals surface area (Å²) >= 11 is 0. The first-order valence-corrected chi connectivity index (χ1v) is 7.17. The van der Waals surface area contributed by atoms with Crippen LogP contribution in [-0.2, 0) is 9.53 Å². The molecule has 0 fully saturated rings. The fraction of sp³-hybridized carbons (Fsp3) is 0.933. The van der Waals surface area contributed by atoms with Crippen molar-refractivity contribution in [2.45, 2.75) is 78.4 Å². The second-order valence-electron chi connectivity index (χ2n) is 6.02. The van der Waals surface area contributed by atoms with Crippen molar-refractivity contribution in [3.05, 3.63) is 0 Å². The van der Waals surface area contributed by atoms with E-state index in [2.05, 4.69) is 34.6 Å². The Balaban J connectivity index is 3.58. The molecular formula is C15H31NO2. The van der Waals surface area contributed by atoms with Gasteiger partial charge >= 0.3 is 0 Å². The second kappa shape index (κ2) is 8.52. The lowest BCUT2D eigenvalue weighted by molar-refractivity contribution is -0.134. The number of ether oxygens (including phenoxy) is 1. The number of carbonyl (C=O) groups is 1. The molecule has 0 rings (SSSR count). The summed E-state index contributed by atoms with van der Waals surface area (Å²) in [6, 6.07) is 0. The number of carbonyl (C=O) groups excluding carboxylic acids is 1. The third-order valence-electron chi connectivity index (χ3n) is 3.39. The topological polar surface area (TPSA) is 29.5 Å². The van der Waals surface area contributed by atoms with Gasteiger partial charge in [-0.3, -0.25) is 4.79 Å². The van der Waals surface area contributed by atoms with Crippen LogP contribution >= 0.6 is 0 Å². The van der Waals surface area contributed by atoms with E-state index in [9.17, 15) is 4.79 Å². The first-order chi connectivity index (χ1) is 8.29. The van der Waals surface area contributed by atoms with E-state index in [-0.39, 0.29) is 11.4 Å². The zero-order chi connectivity index (χ0) is 14.2. The first-order valence-electron chi connectivity index (χ1n) is 7.17.